The Kier molecular flexibility index (Phi) is 6.64. The Hall–Kier alpha value is -2.41. The smallest absolute Gasteiger partial charge is 0.373 e. The number of carbonyl (C=O) groups excluding carboxylic acids is 1. The Labute approximate surface area is 204 Å². The van der Waals surface area contributed by atoms with Gasteiger partial charge in [0.25, 0.3) is 0 Å². The van der Waals surface area contributed by atoms with Crippen LogP contribution in [0.3, 0.4) is 0 Å². The van der Waals surface area contributed by atoms with E-state index in [-0.39, 0.29) is 29.5 Å². The van der Waals surface area contributed by atoms with Crippen LogP contribution in [0.4, 0.5) is 19.0 Å². The van der Waals surface area contributed by atoms with Crippen LogP contribution < -0.4 is 4.90 Å². The normalized spacial score (nSPS) is 23.0. The van der Waals surface area contributed by atoms with Crippen LogP contribution >= 0.6 is 0 Å². The van der Waals surface area contributed by atoms with Gasteiger partial charge in [-0.1, -0.05) is 25.1 Å². The molecule has 2 fully saturated rings. The maximum Gasteiger partial charge on any atom is 0.419 e. The van der Waals surface area contributed by atoms with Crippen molar-refractivity contribution in [2.75, 3.05) is 18.0 Å². The molecule has 5 rings (SSSR count). The van der Waals surface area contributed by atoms with E-state index in [4.69, 9.17) is 4.74 Å². The topological polar surface area (TPSA) is 42.4 Å². The number of pyridine rings is 1. The number of benzene rings is 1. The molecule has 1 aliphatic carbocycles. The number of hydrogen-bond donors (Lipinski definition) is 0. The summed E-state index contributed by atoms with van der Waals surface area (Å²) in [7, 11) is 0. The average molecular weight is 487 g/mol. The summed E-state index contributed by atoms with van der Waals surface area (Å²) in [6.45, 7) is 5.39. The number of hydrogen-bond acceptors (Lipinski definition) is 4. The van der Waals surface area contributed by atoms with Gasteiger partial charge in [0.15, 0.2) is 0 Å². The van der Waals surface area contributed by atoms with Crippen LogP contribution in [0.1, 0.15) is 67.7 Å². The molecule has 1 aromatic heterocycles. The molecule has 2 aliphatic heterocycles. The first-order valence-electron chi connectivity index (χ1n) is 12.7. The second kappa shape index (κ2) is 9.57. The number of piperidine rings is 1. The molecule has 3 aliphatic rings. The predicted octanol–water partition coefficient (Wildman–Crippen LogP) is 6.18. The first-order chi connectivity index (χ1) is 16.7. The largest absolute Gasteiger partial charge is 0.419 e. The van der Waals surface area contributed by atoms with Crippen molar-refractivity contribution >= 4 is 11.6 Å². The zero-order valence-electron chi connectivity index (χ0n) is 20.4. The molecule has 0 amide bonds. The summed E-state index contributed by atoms with van der Waals surface area (Å²) in [4.78, 5) is 18.0. The molecule has 7 heteroatoms. The molecule has 3 atom stereocenters. The van der Waals surface area contributed by atoms with Crippen molar-refractivity contribution in [3.8, 4) is 0 Å². The Morgan fingerprint density at radius 3 is 2.51 bits per heavy atom. The maximum atomic E-state index is 13.4. The number of anilines is 1. The molecule has 4 nitrogen and oxygen atoms in total. The van der Waals surface area contributed by atoms with E-state index in [1.165, 1.54) is 41.8 Å². The molecule has 0 bridgehead atoms. The summed E-state index contributed by atoms with van der Waals surface area (Å²) in [5.74, 6) is 1.48. The van der Waals surface area contributed by atoms with E-state index in [0.717, 1.165) is 25.3 Å². The molecule has 188 valence electrons. The number of ketones is 1. The van der Waals surface area contributed by atoms with Crippen LogP contribution in [0.5, 0.6) is 0 Å². The molecule has 0 radical (unpaired) electrons. The molecule has 0 spiro atoms. The predicted molar refractivity (Wildman–Crippen MR) is 128 cm³/mol. The zero-order chi connectivity index (χ0) is 24.7. The molecule has 0 N–H and O–H groups in total. The molecule has 1 saturated carbocycles. The van der Waals surface area contributed by atoms with Gasteiger partial charge in [-0.25, -0.2) is 4.98 Å². The summed E-state index contributed by atoms with van der Waals surface area (Å²) < 4.78 is 46.6. The van der Waals surface area contributed by atoms with Gasteiger partial charge in [-0.05, 0) is 85.6 Å². The third kappa shape index (κ3) is 5.11. The summed E-state index contributed by atoms with van der Waals surface area (Å²) in [5, 5.41) is 0. The summed E-state index contributed by atoms with van der Waals surface area (Å²) in [6, 6.07) is 9.08. The van der Waals surface area contributed by atoms with Gasteiger partial charge in [0.2, 0.25) is 0 Å². The van der Waals surface area contributed by atoms with E-state index >= 15 is 0 Å². The first-order valence-corrected chi connectivity index (χ1v) is 12.7. The Balaban J connectivity index is 1.27. The standard InChI is InChI=1S/C28H33F3N2O2/c1-17(18(2)34)26(20-5-6-20)21-7-8-22-16-35-25(15-23(22)14-21)19-9-12-33(13-10-19)27-24(28(29,30)31)4-3-11-32-27/h3-4,7-8,11,14,17,19-20,25-26H,5-6,9-10,12-13,15-16H2,1-2H3/t17-,25?,26+/m1/s1. The number of alkyl halides is 3. The van der Waals surface area contributed by atoms with Gasteiger partial charge in [-0.2, -0.15) is 13.2 Å². The lowest BCUT2D eigenvalue weighted by Gasteiger charge is -2.39. The Morgan fingerprint density at radius 1 is 1.11 bits per heavy atom. The molecule has 1 aromatic carbocycles. The zero-order valence-corrected chi connectivity index (χ0v) is 20.4. The number of Topliss-reactive ketones (excluding diaryl/α,β-unsaturated/α-hetero) is 1. The van der Waals surface area contributed by atoms with Gasteiger partial charge in [0.05, 0.1) is 18.3 Å². The fourth-order valence-corrected chi connectivity index (χ4v) is 5.99. The Morgan fingerprint density at radius 2 is 1.86 bits per heavy atom. The van der Waals surface area contributed by atoms with Crippen molar-refractivity contribution in [2.45, 2.75) is 70.8 Å². The minimum absolute atomic E-state index is 0.0219. The minimum atomic E-state index is -4.41. The molecular weight excluding hydrogens is 453 g/mol. The van der Waals surface area contributed by atoms with Crippen LogP contribution in [0.25, 0.3) is 0 Å². The van der Waals surface area contributed by atoms with Crippen LogP contribution in [0.15, 0.2) is 36.5 Å². The molecule has 1 saturated heterocycles. The number of nitrogens with zero attached hydrogens (tertiary/aromatic N) is 2. The summed E-state index contributed by atoms with van der Waals surface area (Å²) in [6.07, 6.45) is 1.84. The van der Waals surface area contributed by atoms with Crippen molar-refractivity contribution in [3.05, 3.63) is 58.8 Å². The highest BCUT2D eigenvalue weighted by molar-refractivity contribution is 5.79. The third-order valence-electron chi connectivity index (χ3n) is 8.26. The molecular formula is C28H33F3N2O2. The highest BCUT2D eigenvalue weighted by atomic mass is 19.4. The quantitative estimate of drug-likeness (QED) is 0.489. The number of carbonyl (C=O) groups is 1. The van der Waals surface area contributed by atoms with Gasteiger partial charge in [-0.15, -0.1) is 0 Å². The monoisotopic (exact) mass is 486 g/mol. The highest BCUT2D eigenvalue weighted by Gasteiger charge is 2.39. The fraction of sp³-hybridized carbons (Fsp3) is 0.571. The molecule has 2 aromatic rings. The van der Waals surface area contributed by atoms with Crippen molar-refractivity contribution in [2.24, 2.45) is 17.8 Å². The lowest BCUT2D eigenvalue weighted by Crippen LogP contribution is -2.41. The second-order valence-electron chi connectivity index (χ2n) is 10.5. The van der Waals surface area contributed by atoms with Crippen molar-refractivity contribution in [1.82, 2.24) is 4.98 Å². The lowest BCUT2D eigenvalue weighted by molar-refractivity contribution is -0.137. The van der Waals surface area contributed by atoms with Crippen LogP contribution in [0, 0.1) is 17.8 Å². The van der Waals surface area contributed by atoms with Gasteiger partial charge < -0.3 is 9.64 Å². The number of aromatic nitrogens is 1. The van der Waals surface area contributed by atoms with E-state index in [2.05, 4.69) is 30.1 Å². The van der Waals surface area contributed by atoms with E-state index in [1.807, 2.05) is 0 Å². The van der Waals surface area contributed by atoms with E-state index in [1.54, 1.807) is 11.8 Å². The van der Waals surface area contributed by atoms with Crippen LogP contribution in [-0.4, -0.2) is 30.0 Å². The van der Waals surface area contributed by atoms with Gasteiger partial charge >= 0.3 is 6.18 Å². The van der Waals surface area contributed by atoms with Gasteiger partial charge in [-0.3, -0.25) is 4.79 Å². The molecule has 35 heavy (non-hydrogen) atoms. The van der Waals surface area contributed by atoms with Gasteiger partial charge in [0.1, 0.15) is 11.6 Å². The van der Waals surface area contributed by atoms with Crippen molar-refractivity contribution in [3.63, 3.8) is 0 Å². The number of fused-ring (bicyclic) bond motifs is 1. The highest BCUT2D eigenvalue weighted by Crippen LogP contribution is 2.47. The average Bonchev–Trinajstić information content (AvgIpc) is 3.68. The second-order valence-corrected chi connectivity index (χ2v) is 10.5. The van der Waals surface area contributed by atoms with Crippen molar-refractivity contribution < 1.29 is 22.7 Å². The van der Waals surface area contributed by atoms with E-state index < -0.39 is 11.7 Å². The first kappa shape index (κ1) is 24.3. The van der Waals surface area contributed by atoms with E-state index in [9.17, 15) is 18.0 Å². The lowest BCUT2D eigenvalue weighted by atomic mass is 9.79. The summed E-state index contributed by atoms with van der Waals surface area (Å²) >= 11 is 0. The SMILES string of the molecule is CC(=O)[C@@H](C)[C@H](c1ccc2c(c1)CC(C1CCN(c3ncccc3C(F)(F)F)CC1)OC2)C1CC1. The third-order valence-corrected chi connectivity index (χ3v) is 8.26. The number of ether oxygens (including phenoxy) is 1. The van der Waals surface area contributed by atoms with Crippen LogP contribution in [0.2, 0.25) is 0 Å². The number of halogens is 3. The van der Waals surface area contributed by atoms with Crippen molar-refractivity contribution in [1.29, 1.82) is 0 Å². The number of rotatable bonds is 6. The van der Waals surface area contributed by atoms with E-state index in [0.29, 0.717) is 31.5 Å². The van der Waals surface area contributed by atoms with Gasteiger partial charge in [0, 0.05) is 25.2 Å². The Bertz CT molecular complexity index is 1070. The fourth-order valence-electron chi connectivity index (χ4n) is 5.99. The molecule has 3 heterocycles. The maximum absolute atomic E-state index is 13.4. The minimum Gasteiger partial charge on any atom is -0.373 e. The van der Waals surface area contributed by atoms with Crippen LogP contribution in [-0.2, 0) is 28.7 Å². The summed E-state index contributed by atoms with van der Waals surface area (Å²) in [5.41, 5.74) is 3.10. The molecule has 1 unspecified atom stereocenters.